The van der Waals surface area contributed by atoms with Crippen molar-refractivity contribution in [2.45, 2.75) is 62.8 Å². The summed E-state index contributed by atoms with van der Waals surface area (Å²) in [5, 5.41) is 12.2. The summed E-state index contributed by atoms with van der Waals surface area (Å²) in [5.41, 5.74) is 0.728. The number of amides is 1. The summed E-state index contributed by atoms with van der Waals surface area (Å²) >= 11 is 0. The number of rotatable bonds is 6. The van der Waals surface area contributed by atoms with E-state index in [4.69, 9.17) is 0 Å². The number of nitrogens with zero attached hydrogens (tertiary/aromatic N) is 1. The Morgan fingerprint density at radius 1 is 1.24 bits per heavy atom. The number of benzene rings is 1. The molecule has 2 rings (SSSR count). The minimum absolute atomic E-state index is 0.00303. The van der Waals surface area contributed by atoms with Crippen molar-refractivity contribution >= 4 is 15.9 Å². The Hall–Kier alpha value is -1.91. The molecule has 1 saturated carbocycles. The van der Waals surface area contributed by atoms with E-state index in [0.29, 0.717) is 18.4 Å². The van der Waals surface area contributed by atoms with E-state index in [0.717, 1.165) is 24.8 Å². The Morgan fingerprint density at radius 3 is 2.56 bits per heavy atom. The van der Waals surface area contributed by atoms with E-state index in [9.17, 15) is 18.5 Å². The molecule has 0 bridgehead atoms. The smallest absolute Gasteiger partial charge is 0.240 e. The molecule has 0 unspecified atom stereocenters. The summed E-state index contributed by atoms with van der Waals surface area (Å²) in [6.07, 6.45) is 4.25. The highest BCUT2D eigenvalue weighted by atomic mass is 32.2. The highest BCUT2D eigenvalue weighted by Gasteiger charge is 2.33. The van der Waals surface area contributed by atoms with Gasteiger partial charge in [-0.3, -0.25) is 4.79 Å². The number of carbonyl (C=O) groups excluding carboxylic acids is 1. The lowest BCUT2D eigenvalue weighted by atomic mass is 9.83. The van der Waals surface area contributed by atoms with Crippen molar-refractivity contribution in [2.24, 2.45) is 0 Å². The Morgan fingerprint density at radius 2 is 1.92 bits per heavy atom. The predicted octanol–water partition coefficient (Wildman–Crippen LogP) is 2.31. The number of hydrogen-bond donors (Lipinski definition) is 2. The molecule has 0 aliphatic heterocycles. The van der Waals surface area contributed by atoms with Crippen LogP contribution in [-0.4, -0.2) is 26.4 Å². The van der Waals surface area contributed by atoms with Crippen molar-refractivity contribution in [3.63, 3.8) is 0 Å². The largest absolute Gasteiger partial charge is 0.338 e. The first-order chi connectivity index (χ1) is 11.8. The Kier molecular flexibility index (Phi) is 6.20. The monoisotopic (exact) mass is 363 g/mol. The van der Waals surface area contributed by atoms with Crippen LogP contribution >= 0.6 is 0 Å². The quantitative estimate of drug-likeness (QED) is 0.810. The maximum absolute atomic E-state index is 12.4. The van der Waals surface area contributed by atoms with Crippen LogP contribution in [0.15, 0.2) is 23.1 Å². The van der Waals surface area contributed by atoms with Crippen molar-refractivity contribution in [1.82, 2.24) is 10.0 Å². The van der Waals surface area contributed by atoms with Gasteiger partial charge in [0.05, 0.1) is 11.0 Å². The van der Waals surface area contributed by atoms with Crippen molar-refractivity contribution in [2.75, 3.05) is 6.54 Å². The standard InChI is InChI=1S/C18H25N3O3S/c1-14-6-7-15(2)16(12-14)25(23,24)20-11-8-17(22)21-18(13-19)9-4-3-5-10-18/h6-7,12,20H,3-5,8-11H2,1-2H3,(H,21,22). The fourth-order valence-corrected chi connectivity index (χ4v) is 4.48. The van der Waals surface area contributed by atoms with Crippen LogP contribution in [0.25, 0.3) is 0 Å². The third kappa shape index (κ3) is 5.03. The first kappa shape index (κ1) is 19.4. The number of nitrogens with one attached hydrogen (secondary N) is 2. The maximum atomic E-state index is 12.4. The summed E-state index contributed by atoms with van der Waals surface area (Å²) in [6, 6.07) is 7.45. The summed E-state index contributed by atoms with van der Waals surface area (Å²) in [7, 11) is -3.66. The van der Waals surface area contributed by atoms with Crippen molar-refractivity contribution in [1.29, 1.82) is 5.26 Å². The molecule has 1 aromatic carbocycles. The van der Waals surface area contributed by atoms with E-state index < -0.39 is 15.6 Å². The van der Waals surface area contributed by atoms with Crippen LogP contribution in [0.5, 0.6) is 0 Å². The van der Waals surface area contributed by atoms with Crippen LogP contribution in [-0.2, 0) is 14.8 Å². The normalized spacial score (nSPS) is 16.8. The van der Waals surface area contributed by atoms with Crippen LogP contribution in [0, 0.1) is 25.2 Å². The Labute approximate surface area is 149 Å². The van der Waals surface area contributed by atoms with Gasteiger partial charge < -0.3 is 5.32 Å². The van der Waals surface area contributed by atoms with Gasteiger partial charge in [-0.15, -0.1) is 0 Å². The fraction of sp³-hybridized carbons (Fsp3) is 0.556. The summed E-state index contributed by atoms with van der Waals surface area (Å²) in [4.78, 5) is 12.4. The molecule has 0 saturated heterocycles. The minimum atomic E-state index is -3.66. The molecule has 1 aliphatic rings. The Bertz CT molecular complexity index is 775. The average Bonchev–Trinajstić information content (AvgIpc) is 2.57. The lowest BCUT2D eigenvalue weighted by Crippen LogP contribution is -2.49. The topological polar surface area (TPSA) is 99.1 Å². The zero-order valence-electron chi connectivity index (χ0n) is 14.8. The lowest BCUT2D eigenvalue weighted by Gasteiger charge is -2.31. The van der Waals surface area contributed by atoms with Crippen LogP contribution in [0.4, 0.5) is 0 Å². The molecule has 136 valence electrons. The fourth-order valence-electron chi connectivity index (χ4n) is 3.12. The van der Waals surface area contributed by atoms with Crippen molar-refractivity contribution < 1.29 is 13.2 Å². The molecule has 7 heteroatoms. The van der Waals surface area contributed by atoms with Crippen LogP contribution in [0.3, 0.4) is 0 Å². The number of aryl methyl sites for hydroxylation is 2. The molecular formula is C18H25N3O3S. The van der Waals surface area contributed by atoms with Gasteiger partial charge in [-0.05, 0) is 43.9 Å². The van der Waals surface area contributed by atoms with Gasteiger partial charge in [0.25, 0.3) is 0 Å². The van der Waals surface area contributed by atoms with E-state index in [2.05, 4.69) is 16.1 Å². The summed E-state index contributed by atoms with van der Waals surface area (Å²) in [6.45, 7) is 3.57. The first-order valence-corrected chi connectivity index (χ1v) is 10.1. The minimum Gasteiger partial charge on any atom is -0.338 e. The molecule has 1 aromatic rings. The van der Waals surface area contributed by atoms with Gasteiger partial charge >= 0.3 is 0 Å². The van der Waals surface area contributed by atoms with Gasteiger partial charge in [0.2, 0.25) is 15.9 Å². The van der Waals surface area contributed by atoms with Gasteiger partial charge in [-0.1, -0.05) is 31.4 Å². The molecule has 25 heavy (non-hydrogen) atoms. The van der Waals surface area contributed by atoms with Crippen LogP contribution < -0.4 is 10.0 Å². The van der Waals surface area contributed by atoms with Crippen molar-refractivity contribution in [3.8, 4) is 6.07 Å². The maximum Gasteiger partial charge on any atom is 0.240 e. The zero-order chi connectivity index (χ0) is 18.5. The van der Waals surface area contributed by atoms with Gasteiger partial charge in [-0.2, -0.15) is 5.26 Å². The molecule has 0 aromatic heterocycles. The predicted molar refractivity (Wildman–Crippen MR) is 95.3 cm³/mol. The molecular weight excluding hydrogens is 338 g/mol. The summed E-state index contributed by atoms with van der Waals surface area (Å²) in [5.74, 6) is -0.299. The molecule has 1 aliphatic carbocycles. The van der Waals surface area contributed by atoms with Crippen molar-refractivity contribution in [3.05, 3.63) is 29.3 Å². The first-order valence-electron chi connectivity index (χ1n) is 8.57. The second-order valence-corrected chi connectivity index (χ2v) is 8.45. The number of sulfonamides is 1. The third-order valence-corrected chi connectivity index (χ3v) is 6.18. The van der Waals surface area contributed by atoms with E-state index in [1.54, 1.807) is 19.1 Å². The molecule has 6 nitrogen and oxygen atoms in total. The van der Waals surface area contributed by atoms with Gasteiger partial charge in [0.1, 0.15) is 5.54 Å². The highest BCUT2D eigenvalue weighted by molar-refractivity contribution is 7.89. The highest BCUT2D eigenvalue weighted by Crippen LogP contribution is 2.27. The van der Waals surface area contributed by atoms with Gasteiger partial charge in [0.15, 0.2) is 0 Å². The molecule has 0 heterocycles. The zero-order valence-corrected chi connectivity index (χ0v) is 15.6. The lowest BCUT2D eigenvalue weighted by molar-refractivity contribution is -0.122. The number of carbonyl (C=O) groups is 1. The van der Waals surface area contributed by atoms with E-state index in [-0.39, 0.29) is 23.8 Å². The van der Waals surface area contributed by atoms with Gasteiger partial charge in [0, 0.05) is 13.0 Å². The molecule has 0 radical (unpaired) electrons. The molecule has 1 fully saturated rings. The Balaban J connectivity index is 1.92. The van der Waals surface area contributed by atoms with E-state index in [1.165, 1.54) is 0 Å². The molecule has 1 amide bonds. The third-order valence-electron chi connectivity index (χ3n) is 4.58. The van der Waals surface area contributed by atoms with Gasteiger partial charge in [-0.25, -0.2) is 13.1 Å². The van der Waals surface area contributed by atoms with Crippen LogP contribution in [0.1, 0.15) is 49.7 Å². The van der Waals surface area contributed by atoms with E-state index >= 15 is 0 Å². The second-order valence-electron chi connectivity index (χ2n) is 6.72. The molecule has 0 spiro atoms. The summed E-state index contributed by atoms with van der Waals surface area (Å²) < 4.78 is 27.3. The van der Waals surface area contributed by atoms with E-state index in [1.807, 2.05) is 13.0 Å². The molecule has 2 N–H and O–H groups in total. The average molecular weight is 363 g/mol. The SMILES string of the molecule is Cc1ccc(C)c(S(=O)(=O)NCCC(=O)NC2(C#N)CCCCC2)c1. The van der Waals surface area contributed by atoms with Crippen LogP contribution in [0.2, 0.25) is 0 Å². The number of nitriles is 1. The number of hydrogen-bond acceptors (Lipinski definition) is 4. The second kappa shape index (κ2) is 7.98. The molecule has 0 atom stereocenters.